The molecule has 0 radical (unpaired) electrons. The van der Waals surface area contributed by atoms with E-state index in [9.17, 15) is 4.79 Å². The van der Waals surface area contributed by atoms with Crippen molar-refractivity contribution in [1.82, 2.24) is 5.32 Å². The fraction of sp³-hybridized carbons (Fsp3) is 0.353. The Morgan fingerprint density at radius 3 is 2.43 bits per heavy atom. The highest BCUT2D eigenvalue weighted by Crippen LogP contribution is 2.25. The van der Waals surface area contributed by atoms with Crippen molar-refractivity contribution in [3.63, 3.8) is 0 Å². The van der Waals surface area contributed by atoms with Crippen LogP contribution in [0, 0.1) is 13.8 Å². The quantitative estimate of drug-likeness (QED) is 0.886. The number of aryl methyl sites for hydroxylation is 2. The number of amides is 1. The average molecular weight is 286 g/mol. The summed E-state index contributed by atoms with van der Waals surface area (Å²) in [5, 5.41) is 6.07. The van der Waals surface area contributed by atoms with E-state index in [2.05, 4.69) is 23.6 Å². The number of benzene rings is 1. The average Bonchev–Trinajstić information content (AvgIpc) is 2.80. The summed E-state index contributed by atoms with van der Waals surface area (Å²) in [5.41, 5.74) is 3.20. The summed E-state index contributed by atoms with van der Waals surface area (Å²) in [7, 11) is 1.65. The van der Waals surface area contributed by atoms with Crippen molar-refractivity contribution < 1.29 is 9.21 Å². The van der Waals surface area contributed by atoms with E-state index in [1.807, 2.05) is 38.1 Å². The van der Waals surface area contributed by atoms with Crippen LogP contribution in [0.3, 0.4) is 0 Å². The van der Waals surface area contributed by atoms with Crippen LogP contribution in [0.15, 0.2) is 34.7 Å². The van der Waals surface area contributed by atoms with E-state index in [1.54, 1.807) is 7.05 Å². The lowest BCUT2D eigenvalue weighted by molar-refractivity contribution is -0.119. The largest absolute Gasteiger partial charge is 0.466 e. The third-order valence-electron chi connectivity index (χ3n) is 3.53. The summed E-state index contributed by atoms with van der Waals surface area (Å²) in [6, 6.07) is 10.2. The van der Waals surface area contributed by atoms with Gasteiger partial charge < -0.3 is 15.1 Å². The number of rotatable bonds is 5. The lowest BCUT2D eigenvalue weighted by Crippen LogP contribution is -2.19. The van der Waals surface area contributed by atoms with Gasteiger partial charge in [0, 0.05) is 18.3 Å². The molecule has 2 rings (SSSR count). The second-order valence-electron chi connectivity index (χ2n) is 5.28. The smallest absolute Gasteiger partial charge is 0.224 e. The van der Waals surface area contributed by atoms with Crippen LogP contribution in [0.1, 0.15) is 35.6 Å². The van der Waals surface area contributed by atoms with Crippen LogP contribution in [0.4, 0.5) is 5.69 Å². The molecule has 1 aromatic heterocycles. The number of furan rings is 1. The fourth-order valence-electron chi connectivity index (χ4n) is 2.40. The van der Waals surface area contributed by atoms with E-state index >= 15 is 0 Å². The van der Waals surface area contributed by atoms with Crippen LogP contribution in [-0.4, -0.2) is 13.0 Å². The van der Waals surface area contributed by atoms with Crippen molar-refractivity contribution in [3.05, 3.63) is 53.0 Å². The molecule has 1 aromatic carbocycles. The third kappa shape index (κ3) is 3.88. The third-order valence-corrected chi connectivity index (χ3v) is 3.53. The highest BCUT2D eigenvalue weighted by Gasteiger charge is 2.12. The summed E-state index contributed by atoms with van der Waals surface area (Å²) in [5.74, 6) is 1.90. The van der Waals surface area contributed by atoms with Gasteiger partial charge in [0.25, 0.3) is 0 Å². The summed E-state index contributed by atoms with van der Waals surface area (Å²) in [6.45, 7) is 6.04. The van der Waals surface area contributed by atoms with Crippen LogP contribution < -0.4 is 10.6 Å². The zero-order valence-electron chi connectivity index (χ0n) is 13.0. The molecule has 0 aliphatic rings. The molecule has 0 spiro atoms. The van der Waals surface area contributed by atoms with Gasteiger partial charge >= 0.3 is 0 Å². The van der Waals surface area contributed by atoms with E-state index in [4.69, 9.17) is 4.42 Å². The SMILES string of the molecule is CNC(=O)Cc1ccc(NC(C)c2cc(C)oc2C)cc1. The zero-order valence-corrected chi connectivity index (χ0v) is 13.0. The van der Waals surface area contributed by atoms with Crippen molar-refractivity contribution in [2.75, 3.05) is 12.4 Å². The highest BCUT2D eigenvalue weighted by atomic mass is 16.3. The molecule has 1 atom stereocenters. The lowest BCUT2D eigenvalue weighted by atomic mass is 10.1. The predicted octanol–water partition coefficient (Wildman–Crippen LogP) is 3.36. The fourth-order valence-corrected chi connectivity index (χ4v) is 2.40. The van der Waals surface area contributed by atoms with Crippen molar-refractivity contribution in [2.45, 2.75) is 33.2 Å². The molecule has 2 aromatic rings. The molecule has 0 saturated carbocycles. The molecule has 0 fully saturated rings. The van der Waals surface area contributed by atoms with E-state index in [0.29, 0.717) is 6.42 Å². The van der Waals surface area contributed by atoms with E-state index in [-0.39, 0.29) is 11.9 Å². The standard InChI is InChI=1S/C17H22N2O2/c1-11-9-16(13(3)21-11)12(2)19-15-7-5-14(6-8-15)10-17(20)18-4/h5-9,12,19H,10H2,1-4H3,(H,18,20). The van der Waals surface area contributed by atoms with Gasteiger partial charge in [0.2, 0.25) is 5.91 Å². The second-order valence-corrected chi connectivity index (χ2v) is 5.28. The molecule has 0 saturated heterocycles. The molecule has 1 heterocycles. The molecule has 21 heavy (non-hydrogen) atoms. The Balaban J connectivity index is 2.03. The van der Waals surface area contributed by atoms with Gasteiger partial charge in [-0.05, 0) is 44.5 Å². The van der Waals surface area contributed by atoms with E-state index in [1.165, 1.54) is 5.56 Å². The number of carbonyl (C=O) groups excluding carboxylic acids is 1. The summed E-state index contributed by atoms with van der Waals surface area (Å²) in [4.78, 5) is 11.3. The number of carbonyl (C=O) groups is 1. The molecule has 4 nitrogen and oxygen atoms in total. The van der Waals surface area contributed by atoms with Crippen molar-refractivity contribution in [3.8, 4) is 0 Å². The Kier molecular flexibility index (Phi) is 4.68. The number of nitrogens with one attached hydrogen (secondary N) is 2. The van der Waals surface area contributed by atoms with Gasteiger partial charge in [-0.1, -0.05) is 12.1 Å². The minimum atomic E-state index is 0.0218. The monoisotopic (exact) mass is 286 g/mol. The van der Waals surface area contributed by atoms with E-state index < -0.39 is 0 Å². The van der Waals surface area contributed by atoms with Gasteiger partial charge in [0.1, 0.15) is 11.5 Å². The highest BCUT2D eigenvalue weighted by molar-refractivity contribution is 5.78. The summed E-state index contributed by atoms with van der Waals surface area (Å²) >= 11 is 0. The Bertz CT molecular complexity index is 614. The Morgan fingerprint density at radius 1 is 1.24 bits per heavy atom. The van der Waals surface area contributed by atoms with Gasteiger partial charge in [0.05, 0.1) is 12.5 Å². The molecule has 0 aliphatic heterocycles. The topological polar surface area (TPSA) is 54.3 Å². The first-order valence-corrected chi connectivity index (χ1v) is 7.12. The van der Waals surface area contributed by atoms with Crippen LogP contribution in [0.2, 0.25) is 0 Å². The molecular formula is C17H22N2O2. The maximum absolute atomic E-state index is 11.3. The van der Waals surface area contributed by atoms with Gasteiger partial charge in [-0.2, -0.15) is 0 Å². The molecule has 4 heteroatoms. The van der Waals surface area contributed by atoms with E-state index in [0.717, 1.165) is 22.8 Å². The molecular weight excluding hydrogens is 264 g/mol. The first-order chi connectivity index (χ1) is 9.99. The van der Waals surface area contributed by atoms with Gasteiger partial charge in [-0.25, -0.2) is 0 Å². The van der Waals surface area contributed by atoms with Crippen molar-refractivity contribution in [1.29, 1.82) is 0 Å². The molecule has 0 bridgehead atoms. The molecule has 0 aliphatic carbocycles. The van der Waals surface area contributed by atoms with Gasteiger partial charge in [-0.3, -0.25) is 4.79 Å². The number of anilines is 1. The lowest BCUT2D eigenvalue weighted by Gasteiger charge is -2.15. The van der Waals surface area contributed by atoms with Gasteiger partial charge in [-0.15, -0.1) is 0 Å². The van der Waals surface area contributed by atoms with Crippen LogP contribution in [0.5, 0.6) is 0 Å². The predicted molar refractivity (Wildman–Crippen MR) is 84.4 cm³/mol. The molecule has 112 valence electrons. The first-order valence-electron chi connectivity index (χ1n) is 7.12. The first kappa shape index (κ1) is 15.2. The minimum Gasteiger partial charge on any atom is -0.466 e. The zero-order chi connectivity index (χ0) is 15.4. The minimum absolute atomic E-state index is 0.0218. The second kappa shape index (κ2) is 6.48. The molecule has 2 N–H and O–H groups in total. The summed E-state index contributed by atoms with van der Waals surface area (Å²) < 4.78 is 5.56. The number of hydrogen-bond donors (Lipinski definition) is 2. The Labute approximate surface area is 125 Å². The number of hydrogen-bond acceptors (Lipinski definition) is 3. The van der Waals surface area contributed by atoms with Crippen LogP contribution in [0.25, 0.3) is 0 Å². The normalized spacial score (nSPS) is 12.0. The molecule has 1 unspecified atom stereocenters. The van der Waals surface area contributed by atoms with Gasteiger partial charge in [0.15, 0.2) is 0 Å². The van der Waals surface area contributed by atoms with Crippen molar-refractivity contribution >= 4 is 11.6 Å². The number of likely N-dealkylation sites (N-methyl/N-ethyl adjacent to an activating group) is 1. The maximum Gasteiger partial charge on any atom is 0.224 e. The van der Waals surface area contributed by atoms with Crippen LogP contribution in [-0.2, 0) is 11.2 Å². The molecule has 1 amide bonds. The van der Waals surface area contributed by atoms with Crippen LogP contribution >= 0.6 is 0 Å². The Morgan fingerprint density at radius 2 is 1.90 bits per heavy atom. The van der Waals surface area contributed by atoms with Crippen molar-refractivity contribution in [2.24, 2.45) is 0 Å². The summed E-state index contributed by atoms with van der Waals surface area (Å²) in [6.07, 6.45) is 0.409. The maximum atomic E-state index is 11.3. The Hall–Kier alpha value is -2.23.